The van der Waals surface area contributed by atoms with Crippen molar-refractivity contribution in [1.82, 2.24) is 4.90 Å². The molecule has 1 nitrogen and oxygen atoms in total. The molecule has 0 saturated heterocycles. The summed E-state index contributed by atoms with van der Waals surface area (Å²) in [7, 11) is 0. The largest absolute Gasteiger partial charge is 1.00 e. The second-order valence-electron chi connectivity index (χ2n) is 6.00. The average Bonchev–Trinajstić information content (AvgIpc) is 2.45. The van der Waals surface area contributed by atoms with Gasteiger partial charge in [0.2, 0.25) is 0 Å². The molecule has 0 fully saturated rings. The molecule has 0 radical (unpaired) electrons. The van der Waals surface area contributed by atoms with Gasteiger partial charge < -0.3 is 29.7 Å². The predicted molar refractivity (Wildman–Crippen MR) is 98.1 cm³/mol. The molecule has 0 N–H and O–H groups in total. The minimum atomic E-state index is 0. The van der Waals surface area contributed by atoms with Crippen LogP contribution in [0.5, 0.6) is 0 Å². The van der Waals surface area contributed by atoms with E-state index in [0.717, 1.165) is 24.9 Å². The molecule has 0 saturated carbocycles. The van der Waals surface area contributed by atoms with E-state index in [0.29, 0.717) is 4.32 Å². The van der Waals surface area contributed by atoms with Gasteiger partial charge in [-0.25, -0.2) is 0 Å². The normalized spacial score (nSPS) is 13.3. The van der Waals surface area contributed by atoms with Crippen LogP contribution < -0.4 is 29.6 Å². The number of rotatable bonds is 12. The molecule has 120 valence electrons. The first-order valence-corrected chi connectivity index (χ1v) is 9.36. The van der Waals surface area contributed by atoms with Crippen LogP contribution in [0.2, 0.25) is 0 Å². The Hall–Kier alpha value is 1.11. The zero-order valence-corrected chi connectivity index (χ0v) is 18.6. The van der Waals surface area contributed by atoms with Gasteiger partial charge in [-0.1, -0.05) is 70.5 Å². The Kier molecular flexibility index (Phi) is 18.5. The maximum absolute atomic E-state index is 5.32. The molecule has 0 aliphatic rings. The van der Waals surface area contributed by atoms with Gasteiger partial charge in [0.05, 0.1) is 0 Å². The summed E-state index contributed by atoms with van der Waals surface area (Å²) in [4.78, 5) is 2.30. The van der Waals surface area contributed by atoms with Gasteiger partial charge in [-0.05, 0) is 24.7 Å². The van der Waals surface area contributed by atoms with E-state index in [1.807, 2.05) is 0 Å². The molecule has 2 unspecified atom stereocenters. The Morgan fingerprint density at radius 2 is 1.29 bits per heavy atom. The molecule has 0 aromatic rings. The first-order chi connectivity index (χ1) is 9.58. The minimum absolute atomic E-state index is 0. The fourth-order valence-electron chi connectivity index (χ4n) is 2.68. The van der Waals surface area contributed by atoms with Crippen LogP contribution in [0.4, 0.5) is 0 Å². The van der Waals surface area contributed by atoms with Crippen LogP contribution in [-0.4, -0.2) is 22.3 Å². The minimum Gasteiger partial charge on any atom is -0.411 e. The molecule has 0 aliphatic carbocycles. The van der Waals surface area contributed by atoms with Crippen molar-refractivity contribution in [2.75, 3.05) is 13.1 Å². The van der Waals surface area contributed by atoms with Crippen LogP contribution in [0.25, 0.3) is 0 Å². The Morgan fingerprint density at radius 1 is 0.905 bits per heavy atom. The van der Waals surface area contributed by atoms with Gasteiger partial charge in [0.25, 0.3) is 0 Å². The Bertz CT molecular complexity index is 231. The molecule has 21 heavy (non-hydrogen) atoms. The zero-order valence-electron chi connectivity index (χ0n) is 15.0. The summed E-state index contributed by atoms with van der Waals surface area (Å²) in [5, 5.41) is 0. The van der Waals surface area contributed by atoms with Crippen molar-refractivity contribution < 1.29 is 29.6 Å². The van der Waals surface area contributed by atoms with E-state index < -0.39 is 0 Å². The molecule has 0 amide bonds. The van der Waals surface area contributed by atoms with Crippen molar-refractivity contribution in [2.45, 2.75) is 79.1 Å². The maximum Gasteiger partial charge on any atom is 1.00 e. The topological polar surface area (TPSA) is 3.24 Å². The van der Waals surface area contributed by atoms with Crippen molar-refractivity contribution in [2.24, 2.45) is 11.8 Å². The number of hydrogen-bond acceptors (Lipinski definition) is 2. The van der Waals surface area contributed by atoms with E-state index in [1.165, 1.54) is 51.4 Å². The standard InChI is InChI=1S/C17H35NS2.Na/c1-5-9-11-15(7-3)13-18(17(19)20)14-16(8-4)12-10-6-2;/h15-16H,5-14H2,1-4H3,(H,19,20);/q;+1/p-1. The predicted octanol–water partition coefficient (Wildman–Crippen LogP) is 2.56. The van der Waals surface area contributed by atoms with Crippen molar-refractivity contribution in [3.8, 4) is 0 Å². The summed E-state index contributed by atoms with van der Waals surface area (Å²) < 4.78 is 0.676. The van der Waals surface area contributed by atoms with Crippen LogP contribution in [-0.2, 0) is 12.6 Å². The van der Waals surface area contributed by atoms with E-state index in [-0.39, 0.29) is 29.6 Å². The first kappa shape index (κ1) is 24.4. The summed E-state index contributed by atoms with van der Waals surface area (Å²) >= 11 is 10.6. The van der Waals surface area contributed by atoms with Gasteiger partial charge in [-0.2, -0.15) is 0 Å². The molecule has 0 aromatic heterocycles. The zero-order chi connectivity index (χ0) is 15.4. The van der Waals surface area contributed by atoms with Gasteiger partial charge in [0.1, 0.15) is 0 Å². The van der Waals surface area contributed by atoms with Crippen LogP contribution in [0.1, 0.15) is 79.1 Å². The van der Waals surface area contributed by atoms with E-state index in [4.69, 9.17) is 24.8 Å². The summed E-state index contributed by atoms with van der Waals surface area (Å²) in [6.07, 6.45) is 10.3. The molecule has 0 aliphatic heterocycles. The molecule has 4 heteroatoms. The van der Waals surface area contributed by atoms with E-state index in [1.54, 1.807) is 0 Å². The third-order valence-corrected chi connectivity index (χ3v) is 4.82. The smallest absolute Gasteiger partial charge is 0.411 e. The molecular weight excluding hydrogens is 305 g/mol. The van der Waals surface area contributed by atoms with Gasteiger partial charge in [0.15, 0.2) is 0 Å². The van der Waals surface area contributed by atoms with Crippen molar-refractivity contribution in [1.29, 1.82) is 0 Å². The molecule has 0 spiro atoms. The summed E-state index contributed by atoms with van der Waals surface area (Å²) in [5.41, 5.74) is 0. The summed E-state index contributed by atoms with van der Waals surface area (Å²) in [6, 6.07) is 0. The van der Waals surface area contributed by atoms with Crippen molar-refractivity contribution in [3.05, 3.63) is 0 Å². The molecule has 0 bridgehead atoms. The number of unbranched alkanes of at least 4 members (excludes halogenated alkanes) is 2. The SMILES string of the molecule is CCCCC(CC)CN(CC(CC)CCCC)C(=S)[S-].[Na+]. The Morgan fingerprint density at radius 3 is 1.52 bits per heavy atom. The van der Waals surface area contributed by atoms with E-state index >= 15 is 0 Å². The van der Waals surface area contributed by atoms with Crippen LogP contribution in [0.15, 0.2) is 0 Å². The monoisotopic (exact) mass is 339 g/mol. The molecular formula is C17H34NNaS2. The number of hydrogen-bond donors (Lipinski definition) is 0. The molecule has 0 aromatic carbocycles. The Labute approximate surface area is 166 Å². The third-order valence-electron chi connectivity index (χ3n) is 4.30. The number of thiocarbonyl (C=S) groups is 1. The third kappa shape index (κ3) is 12.2. The fraction of sp³-hybridized carbons (Fsp3) is 0.941. The van der Waals surface area contributed by atoms with Crippen LogP contribution in [0.3, 0.4) is 0 Å². The van der Waals surface area contributed by atoms with E-state index in [2.05, 4.69) is 32.6 Å². The van der Waals surface area contributed by atoms with Gasteiger partial charge >= 0.3 is 29.6 Å². The van der Waals surface area contributed by atoms with Crippen molar-refractivity contribution >= 4 is 29.2 Å². The molecule has 0 rings (SSSR count). The second-order valence-corrected chi connectivity index (χ2v) is 7.04. The van der Waals surface area contributed by atoms with E-state index in [9.17, 15) is 0 Å². The van der Waals surface area contributed by atoms with Gasteiger partial charge in [-0.3, -0.25) is 0 Å². The van der Waals surface area contributed by atoms with Gasteiger partial charge in [-0.15, -0.1) is 0 Å². The first-order valence-electron chi connectivity index (χ1n) is 8.54. The maximum atomic E-state index is 5.32. The van der Waals surface area contributed by atoms with Crippen LogP contribution in [0, 0.1) is 11.8 Å². The quantitative estimate of drug-likeness (QED) is 0.306. The summed E-state index contributed by atoms with van der Waals surface area (Å²) in [5.74, 6) is 1.50. The van der Waals surface area contributed by atoms with Gasteiger partial charge in [0, 0.05) is 13.1 Å². The van der Waals surface area contributed by atoms with Crippen LogP contribution >= 0.6 is 12.2 Å². The summed E-state index contributed by atoms with van der Waals surface area (Å²) in [6.45, 7) is 11.3. The Balaban J connectivity index is 0. The number of nitrogens with zero attached hydrogens (tertiary/aromatic N) is 1. The molecule has 0 heterocycles. The molecule has 2 atom stereocenters. The average molecular weight is 340 g/mol. The fourth-order valence-corrected chi connectivity index (χ4v) is 2.98. The second kappa shape index (κ2) is 16.0. The van der Waals surface area contributed by atoms with Crippen molar-refractivity contribution in [3.63, 3.8) is 0 Å².